The molecule has 0 saturated heterocycles. The number of phenols is 1. The van der Waals surface area contributed by atoms with E-state index in [-0.39, 0.29) is 79.7 Å². The number of ether oxygens (including phenoxy) is 1. The maximum Gasteiger partial charge on any atom is 0.408 e. The third kappa shape index (κ3) is 20.1. The smallest absolute Gasteiger partial charge is 0.408 e. The molecule has 0 bridgehead atoms. The lowest BCUT2D eigenvalue weighted by Gasteiger charge is -2.58. The van der Waals surface area contributed by atoms with Gasteiger partial charge in [-0.15, -0.1) is 0 Å². The molecule has 4 aliphatic rings. The number of nitrogens with one attached hydrogen (secondary N) is 4. The molecule has 5 rings (SSSR count). The number of thioether (sulfide) groups is 1. The molecule has 0 heterocycles. The van der Waals surface area contributed by atoms with Crippen LogP contribution in [0.2, 0.25) is 0 Å². The van der Waals surface area contributed by atoms with Crippen molar-refractivity contribution >= 4 is 58.8 Å². The number of allylic oxidation sites excluding steroid dienone is 1. The number of primary amides is 1. The number of nitrogens with two attached hydrogens (primary N) is 3. The lowest BCUT2D eigenvalue weighted by atomic mass is 9.47. The third-order valence-corrected chi connectivity index (χ3v) is 20.4. The van der Waals surface area contributed by atoms with E-state index in [2.05, 4.69) is 62.0 Å². The van der Waals surface area contributed by atoms with Crippen LogP contribution in [0, 0.1) is 58.2 Å². The number of aromatic hydroxyl groups is 1. The van der Waals surface area contributed by atoms with Gasteiger partial charge in [-0.3, -0.25) is 33.6 Å². The molecule has 3 saturated carbocycles. The fraction of sp³-hybridized carbons (Fsp3) is 0.754. The number of unbranched alkanes of at least 4 members (excludes halogenated alkanes) is 2. The third-order valence-electron chi connectivity index (χ3n) is 19.8. The SMILES string of the molecule is CNC(=O)[C@H](CCCCN)CC(=O)[C@H](CCCCN)NC(=O)[C@H](CCC(N)=O)CC(=O)[C@H](Cc1ccc(O)cc1)NC(=O)CCC(=O)[C@H](CCSC)NC(=O)O[C@H]1CC[C@@]2(C)C(=CC[C@H]3C4CC[C@H]([C@H](C)CCCC(C)C)[C@@]4(C)CC[C@@H]32)C1. The number of amides is 5. The van der Waals surface area contributed by atoms with Crippen LogP contribution in [0.15, 0.2) is 35.9 Å². The number of rotatable bonds is 37. The van der Waals surface area contributed by atoms with Gasteiger partial charge in [-0.25, -0.2) is 4.79 Å². The van der Waals surface area contributed by atoms with Gasteiger partial charge in [-0.1, -0.05) is 84.1 Å². The predicted octanol–water partition coefficient (Wildman–Crippen LogP) is 8.93. The normalized spacial score (nSPS) is 24.9. The van der Waals surface area contributed by atoms with Gasteiger partial charge in [0.15, 0.2) is 17.3 Å². The summed E-state index contributed by atoms with van der Waals surface area (Å²) >= 11 is 1.53. The Hall–Kier alpha value is -4.81. The van der Waals surface area contributed by atoms with Gasteiger partial charge in [0.25, 0.3) is 0 Å². The lowest BCUT2D eigenvalue weighted by Crippen LogP contribution is -2.51. The van der Waals surface area contributed by atoms with Crippen molar-refractivity contribution < 1.29 is 48.2 Å². The van der Waals surface area contributed by atoms with Crippen molar-refractivity contribution in [2.24, 2.45) is 75.4 Å². The van der Waals surface area contributed by atoms with Gasteiger partial charge in [-0.05, 0) is 185 Å². The number of benzene rings is 1. The van der Waals surface area contributed by atoms with Gasteiger partial charge in [0, 0.05) is 57.4 Å². The molecule has 466 valence electrons. The van der Waals surface area contributed by atoms with Crippen LogP contribution in [0.1, 0.15) is 194 Å². The zero-order valence-electron chi connectivity index (χ0n) is 51.4. The molecular formula is C65H105N7O10S. The van der Waals surface area contributed by atoms with Gasteiger partial charge in [-0.2, -0.15) is 11.8 Å². The molecule has 17 nitrogen and oxygen atoms in total. The number of ketones is 3. The molecule has 0 aromatic heterocycles. The van der Waals surface area contributed by atoms with Crippen molar-refractivity contribution in [2.75, 3.05) is 32.1 Å². The van der Waals surface area contributed by atoms with Crippen molar-refractivity contribution in [1.29, 1.82) is 0 Å². The van der Waals surface area contributed by atoms with E-state index in [1.54, 1.807) is 12.1 Å². The minimum Gasteiger partial charge on any atom is -0.508 e. The summed E-state index contributed by atoms with van der Waals surface area (Å²) in [6.07, 6.45) is 17.9. The standard InChI is InChI=1S/C65H105N7O10S/c1-41(2)13-12-14-42(3)50-24-25-51-49-23-20-46-40-48(29-32-64(46,4)52(49)30-33-65(50,51)5)82-63(81)72-54(31-36-83-7)56(74)26-28-60(78)70-55(37-43-17-21-47(73)22-18-43)58(76)39-45(19-27-59(68)77)62(80)71-53(16-9-11-35-67)57(75)38-44(61(79)69-6)15-8-10-34-66/h17-18,20-22,41-42,44-45,48-55,73H,8-16,19,23-40,66-67H2,1-7H3,(H2,68,77)(H,69,79)(H,70,78)(H,71,80)(H,72,81)/t42-,44-,45-,48+,49+,50-,51?,52+,53+,54+,55+,64+,65-/m1/s1. The van der Waals surface area contributed by atoms with Crippen molar-refractivity contribution in [2.45, 2.75) is 219 Å². The Morgan fingerprint density at radius 3 is 2.01 bits per heavy atom. The Morgan fingerprint density at radius 1 is 0.699 bits per heavy atom. The van der Waals surface area contributed by atoms with Crippen LogP contribution in [0.5, 0.6) is 5.75 Å². The predicted molar refractivity (Wildman–Crippen MR) is 328 cm³/mol. The quantitative estimate of drug-likeness (QED) is 0.0228. The van der Waals surface area contributed by atoms with E-state index < -0.39 is 66.0 Å². The first-order valence-corrected chi connectivity index (χ1v) is 33.0. The Bertz CT molecular complexity index is 2350. The van der Waals surface area contributed by atoms with E-state index in [0.29, 0.717) is 86.6 Å². The van der Waals surface area contributed by atoms with Crippen LogP contribution in [0.3, 0.4) is 0 Å². The Balaban J connectivity index is 1.21. The average molecular weight is 1180 g/mol. The highest BCUT2D eigenvalue weighted by atomic mass is 32.2. The lowest BCUT2D eigenvalue weighted by molar-refractivity contribution is -0.135. The molecule has 5 amide bonds. The van der Waals surface area contributed by atoms with E-state index >= 15 is 0 Å². The van der Waals surface area contributed by atoms with Gasteiger partial charge in [0.1, 0.15) is 11.9 Å². The highest BCUT2D eigenvalue weighted by Crippen LogP contribution is 2.67. The largest absolute Gasteiger partial charge is 0.508 e. The number of carbonyl (C=O) groups is 8. The van der Waals surface area contributed by atoms with Gasteiger partial charge >= 0.3 is 6.09 Å². The first-order chi connectivity index (χ1) is 39.6. The van der Waals surface area contributed by atoms with Crippen LogP contribution >= 0.6 is 11.8 Å². The van der Waals surface area contributed by atoms with Crippen LogP contribution in [0.4, 0.5) is 4.79 Å². The fourth-order valence-corrected chi connectivity index (χ4v) is 15.5. The van der Waals surface area contributed by atoms with Crippen molar-refractivity contribution in [3.05, 3.63) is 41.5 Å². The Morgan fingerprint density at radius 2 is 1.36 bits per heavy atom. The van der Waals surface area contributed by atoms with E-state index in [9.17, 15) is 43.5 Å². The molecule has 1 unspecified atom stereocenters. The van der Waals surface area contributed by atoms with E-state index in [4.69, 9.17) is 21.9 Å². The van der Waals surface area contributed by atoms with E-state index in [1.807, 2.05) is 6.26 Å². The monoisotopic (exact) mass is 1180 g/mol. The minimum absolute atomic E-state index is 0.00806. The number of alkyl carbamates (subject to hydrolysis) is 1. The Kier molecular flexibility index (Phi) is 28.1. The van der Waals surface area contributed by atoms with Crippen molar-refractivity contribution in [1.82, 2.24) is 21.3 Å². The highest BCUT2D eigenvalue weighted by Gasteiger charge is 2.59. The maximum atomic E-state index is 14.4. The summed E-state index contributed by atoms with van der Waals surface area (Å²) in [4.78, 5) is 109. The van der Waals surface area contributed by atoms with Crippen molar-refractivity contribution in [3.8, 4) is 5.75 Å². The van der Waals surface area contributed by atoms with Crippen molar-refractivity contribution in [3.63, 3.8) is 0 Å². The summed E-state index contributed by atoms with van der Waals surface area (Å²) in [6.45, 7) is 13.1. The maximum absolute atomic E-state index is 14.4. The summed E-state index contributed by atoms with van der Waals surface area (Å²) in [5.74, 6) is -0.410. The number of hydrogen-bond acceptors (Lipinski definition) is 13. The summed E-state index contributed by atoms with van der Waals surface area (Å²) in [7, 11) is 1.50. The molecule has 11 N–H and O–H groups in total. The van der Waals surface area contributed by atoms with Crippen LogP contribution in [0.25, 0.3) is 0 Å². The first kappa shape index (κ1) is 69.0. The average Bonchev–Trinajstić information content (AvgIpc) is 2.18. The number of phenolic OH excluding ortho intramolecular Hbond substituents is 1. The van der Waals surface area contributed by atoms with Gasteiger partial charge < -0.3 is 48.3 Å². The number of Topliss-reactive ketones (excluding diaryl/α,β-unsaturated/α-hetero) is 3. The topological polar surface area (TPSA) is 292 Å². The second-order valence-corrected chi connectivity index (χ2v) is 27.0. The van der Waals surface area contributed by atoms with E-state index in [0.717, 1.165) is 42.9 Å². The zero-order valence-corrected chi connectivity index (χ0v) is 52.2. The van der Waals surface area contributed by atoms with E-state index in [1.165, 1.54) is 81.5 Å². The molecule has 3 fully saturated rings. The molecule has 1 aromatic rings. The summed E-state index contributed by atoms with van der Waals surface area (Å²) in [5, 5.41) is 21.1. The number of carbonyl (C=O) groups excluding carboxylic acids is 8. The van der Waals surface area contributed by atoms with Gasteiger partial charge in [0.05, 0.1) is 18.1 Å². The zero-order chi connectivity index (χ0) is 60.9. The second kappa shape index (κ2) is 33.8. The molecule has 4 aliphatic carbocycles. The van der Waals surface area contributed by atoms with Crippen LogP contribution in [-0.4, -0.2) is 109 Å². The molecular weight excluding hydrogens is 1070 g/mol. The molecule has 18 heteroatoms. The second-order valence-electron chi connectivity index (χ2n) is 26.0. The Labute approximate surface area is 500 Å². The van der Waals surface area contributed by atoms with Crippen LogP contribution < -0.4 is 38.5 Å². The summed E-state index contributed by atoms with van der Waals surface area (Å²) in [5.41, 5.74) is 19.5. The molecule has 1 aromatic carbocycles. The summed E-state index contributed by atoms with van der Waals surface area (Å²) < 4.78 is 6.13. The first-order valence-electron chi connectivity index (χ1n) is 31.6. The molecule has 0 spiro atoms. The fourth-order valence-electron chi connectivity index (χ4n) is 15.0. The molecule has 13 atom stereocenters. The summed E-state index contributed by atoms with van der Waals surface area (Å²) in [6, 6.07) is 2.96. The molecule has 0 aliphatic heterocycles. The number of hydrogen-bond donors (Lipinski definition) is 8. The number of fused-ring (bicyclic) bond motifs is 5. The molecule has 0 radical (unpaired) electrons. The van der Waals surface area contributed by atoms with Gasteiger partial charge in [0.2, 0.25) is 23.6 Å². The molecule has 83 heavy (non-hydrogen) atoms. The minimum atomic E-state index is -1.20. The van der Waals surface area contributed by atoms with Crippen LogP contribution in [-0.2, 0) is 44.7 Å². The highest BCUT2D eigenvalue weighted by molar-refractivity contribution is 7.98.